The quantitative estimate of drug-likeness (QED) is 0.600. The molecule has 0 saturated carbocycles. The average Bonchev–Trinajstić information content (AvgIpc) is 2.51. The standard InChI is InChI=1S/C16H19FN2OS/c1-20-7-6-18-9-13-2-4-16(5-3-13)21-12-14-8-15(17)11-19-10-14/h2-5,8,10-11,18H,6-7,9,12H2,1H3. The second-order valence-electron chi connectivity index (χ2n) is 4.61. The first kappa shape index (κ1) is 15.9. The summed E-state index contributed by atoms with van der Waals surface area (Å²) in [6.45, 7) is 2.40. The number of thioether (sulfide) groups is 1. The fourth-order valence-corrected chi connectivity index (χ4v) is 2.63. The number of benzene rings is 1. The van der Waals surface area contributed by atoms with Gasteiger partial charge in [0.25, 0.3) is 0 Å². The fraction of sp³-hybridized carbons (Fsp3) is 0.312. The zero-order valence-electron chi connectivity index (χ0n) is 12.0. The van der Waals surface area contributed by atoms with Crippen LogP contribution >= 0.6 is 11.8 Å². The molecule has 5 heteroatoms. The Morgan fingerprint density at radius 1 is 1.19 bits per heavy atom. The molecule has 0 amide bonds. The molecule has 0 fully saturated rings. The van der Waals surface area contributed by atoms with Crippen molar-refractivity contribution in [2.75, 3.05) is 20.3 Å². The zero-order valence-corrected chi connectivity index (χ0v) is 12.8. The Labute approximate surface area is 128 Å². The highest BCUT2D eigenvalue weighted by atomic mass is 32.2. The minimum atomic E-state index is -0.286. The van der Waals surface area contributed by atoms with Crippen molar-refractivity contribution >= 4 is 11.8 Å². The van der Waals surface area contributed by atoms with Crippen molar-refractivity contribution in [1.29, 1.82) is 0 Å². The van der Waals surface area contributed by atoms with Gasteiger partial charge >= 0.3 is 0 Å². The van der Waals surface area contributed by atoms with Gasteiger partial charge in [-0.2, -0.15) is 0 Å². The molecule has 0 aliphatic rings. The molecule has 0 bridgehead atoms. The van der Waals surface area contributed by atoms with Gasteiger partial charge in [-0.3, -0.25) is 4.98 Å². The Morgan fingerprint density at radius 3 is 2.71 bits per heavy atom. The lowest BCUT2D eigenvalue weighted by Crippen LogP contribution is -2.18. The molecule has 0 atom stereocenters. The van der Waals surface area contributed by atoms with Gasteiger partial charge in [-0.1, -0.05) is 12.1 Å². The van der Waals surface area contributed by atoms with Gasteiger partial charge in [0, 0.05) is 37.0 Å². The van der Waals surface area contributed by atoms with Gasteiger partial charge in [0.1, 0.15) is 5.82 Å². The number of methoxy groups -OCH3 is 1. The lowest BCUT2D eigenvalue weighted by atomic mass is 10.2. The van der Waals surface area contributed by atoms with Crippen LogP contribution < -0.4 is 5.32 Å². The molecule has 0 aliphatic heterocycles. The Morgan fingerprint density at radius 2 is 2.00 bits per heavy atom. The molecule has 21 heavy (non-hydrogen) atoms. The summed E-state index contributed by atoms with van der Waals surface area (Å²) < 4.78 is 18.0. The Balaban J connectivity index is 1.79. The molecule has 112 valence electrons. The topological polar surface area (TPSA) is 34.1 Å². The van der Waals surface area contributed by atoms with Gasteiger partial charge in [0.05, 0.1) is 12.8 Å². The molecule has 1 N–H and O–H groups in total. The average molecular weight is 306 g/mol. The van der Waals surface area contributed by atoms with Crippen molar-refractivity contribution < 1.29 is 9.13 Å². The summed E-state index contributed by atoms with van der Waals surface area (Å²) in [5, 5.41) is 3.30. The van der Waals surface area contributed by atoms with E-state index in [-0.39, 0.29) is 5.82 Å². The molecule has 2 aromatic rings. The number of aromatic nitrogens is 1. The normalized spacial score (nSPS) is 10.8. The number of nitrogens with zero attached hydrogens (tertiary/aromatic N) is 1. The van der Waals surface area contributed by atoms with E-state index in [1.807, 2.05) is 0 Å². The van der Waals surface area contributed by atoms with E-state index in [4.69, 9.17) is 4.74 Å². The molecule has 1 aromatic carbocycles. The van der Waals surface area contributed by atoms with Crippen LogP contribution in [0.25, 0.3) is 0 Å². The van der Waals surface area contributed by atoms with Gasteiger partial charge < -0.3 is 10.1 Å². The molecule has 0 unspecified atom stereocenters. The van der Waals surface area contributed by atoms with Crippen molar-refractivity contribution in [3.05, 3.63) is 59.7 Å². The highest BCUT2D eigenvalue weighted by Crippen LogP contribution is 2.23. The van der Waals surface area contributed by atoms with Crippen molar-refractivity contribution in [2.24, 2.45) is 0 Å². The van der Waals surface area contributed by atoms with Gasteiger partial charge in [-0.15, -0.1) is 11.8 Å². The third-order valence-electron chi connectivity index (χ3n) is 2.90. The molecule has 2 rings (SSSR count). The molecule has 1 aromatic heterocycles. The second kappa shape index (κ2) is 8.77. The number of hydrogen-bond acceptors (Lipinski definition) is 4. The molecule has 1 heterocycles. The van der Waals surface area contributed by atoms with Crippen molar-refractivity contribution in [3.8, 4) is 0 Å². The molecule has 3 nitrogen and oxygen atoms in total. The summed E-state index contributed by atoms with van der Waals surface area (Å²) in [7, 11) is 1.70. The number of hydrogen-bond donors (Lipinski definition) is 1. The summed E-state index contributed by atoms with van der Waals surface area (Å²) in [5.74, 6) is 0.432. The maximum atomic E-state index is 13.0. The second-order valence-corrected chi connectivity index (χ2v) is 5.66. The first-order chi connectivity index (χ1) is 10.3. The smallest absolute Gasteiger partial charge is 0.141 e. The van der Waals surface area contributed by atoms with Crippen LogP contribution in [0, 0.1) is 5.82 Å². The lowest BCUT2D eigenvalue weighted by Gasteiger charge is -2.06. The Hall–Kier alpha value is -1.43. The predicted molar refractivity (Wildman–Crippen MR) is 83.8 cm³/mol. The summed E-state index contributed by atoms with van der Waals surface area (Å²) in [6.07, 6.45) is 2.92. The number of pyridine rings is 1. The van der Waals surface area contributed by atoms with E-state index in [9.17, 15) is 4.39 Å². The van der Waals surface area contributed by atoms with E-state index >= 15 is 0 Å². The van der Waals surface area contributed by atoms with E-state index in [0.717, 1.165) is 31.0 Å². The van der Waals surface area contributed by atoms with E-state index in [2.05, 4.69) is 34.6 Å². The van der Waals surface area contributed by atoms with E-state index < -0.39 is 0 Å². The van der Waals surface area contributed by atoms with Crippen LogP contribution in [-0.4, -0.2) is 25.2 Å². The summed E-state index contributed by atoms with van der Waals surface area (Å²) in [6, 6.07) is 9.90. The van der Waals surface area contributed by atoms with Crippen molar-refractivity contribution in [3.63, 3.8) is 0 Å². The molecular formula is C16H19FN2OS. The zero-order chi connectivity index (χ0) is 14.9. The van der Waals surface area contributed by atoms with Gasteiger partial charge in [0.2, 0.25) is 0 Å². The highest BCUT2D eigenvalue weighted by Gasteiger charge is 1.99. The first-order valence-corrected chi connectivity index (χ1v) is 7.77. The van der Waals surface area contributed by atoms with E-state index in [0.29, 0.717) is 0 Å². The minimum absolute atomic E-state index is 0.286. The third-order valence-corrected chi connectivity index (χ3v) is 3.99. The largest absolute Gasteiger partial charge is 0.383 e. The maximum absolute atomic E-state index is 13.0. The van der Waals surface area contributed by atoms with E-state index in [1.165, 1.54) is 22.7 Å². The first-order valence-electron chi connectivity index (χ1n) is 6.79. The van der Waals surface area contributed by atoms with Gasteiger partial charge in [-0.25, -0.2) is 4.39 Å². The van der Waals surface area contributed by atoms with E-state index in [1.54, 1.807) is 25.1 Å². The SMILES string of the molecule is COCCNCc1ccc(SCc2cncc(F)c2)cc1. The highest BCUT2D eigenvalue weighted by molar-refractivity contribution is 7.98. The number of ether oxygens (including phenoxy) is 1. The fourth-order valence-electron chi connectivity index (χ4n) is 1.81. The third kappa shape index (κ3) is 5.83. The molecule has 0 spiro atoms. The molecule has 0 aliphatic carbocycles. The molecular weight excluding hydrogens is 287 g/mol. The number of rotatable bonds is 8. The summed E-state index contributed by atoms with van der Waals surface area (Å²) >= 11 is 1.68. The summed E-state index contributed by atoms with van der Waals surface area (Å²) in [4.78, 5) is 5.02. The van der Waals surface area contributed by atoms with Gasteiger partial charge in [-0.05, 0) is 29.3 Å². The van der Waals surface area contributed by atoms with Crippen LogP contribution in [0.3, 0.4) is 0 Å². The minimum Gasteiger partial charge on any atom is -0.383 e. The van der Waals surface area contributed by atoms with Gasteiger partial charge in [0.15, 0.2) is 0 Å². The van der Waals surface area contributed by atoms with Crippen LogP contribution in [-0.2, 0) is 17.0 Å². The molecule has 0 radical (unpaired) electrons. The lowest BCUT2D eigenvalue weighted by molar-refractivity contribution is 0.199. The monoisotopic (exact) mass is 306 g/mol. The maximum Gasteiger partial charge on any atom is 0.141 e. The van der Waals surface area contributed by atoms with Crippen LogP contribution in [0.4, 0.5) is 4.39 Å². The Bertz CT molecular complexity index is 548. The number of halogens is 1. The van der Waals surface area contributed by atoms with Crippen LogP contribution in [0.1, 0.15) is 11.1 Å². The Kier molecular flexibility index (Phi) is 6.66. The summed E-state index contributed by atoms with van der Waals surface area (Å²) in [5.41, 5.74) is 2.13. The van der Waals surface area contributed by atoms with Crippen LogP contribution in [0.5, 0.6) is 0 Å². The number of nitrogens with one attached hydrogen (secondary N) is 1. The molecule has 0 saturated heterocycles. The van der Waals surface area contributed by atoms with Crippen LogP contribution in [0.15, 0.2) is 47.6 Å². The van der Waals surface area contributed by atoms with Crippen LogP contribution in [0.2, 0.25) is 0 Å². The van der Waals surface area contributed by atoms with Crippen molar-refractivity contribution in [1.82, 2.24) is 10.3 Å². The van der Waals surface area contributed by atoms with Crippen molar-refractivity contribution in [2.45, 2.75) is 17.2 Å². The predicted octanol–water partition coefficient (Wildman–Crippen LogP) is 3.25.